The molecular formula is C16H12N2O2. The Balaban J connectivity index is 2.06. The van der Waals surface area contributed by atoms with Crippen molar-refractivity contribution in [2.75, 3.05) is 0 Å². The maximum Gasteiger partial charge on any atom is 0.190 e. The van der Waals surface area contributed by atoms with Crippen molar-refractivity contribution < 1.29 is 9.59 Å². The van der Waals surface area contributed by atoms with E-state index in [4.69, 9.17) is 0 Å². The van der Waals surface area contributed by atoms with E-state index in [1.165, 1.54) is 0 Å². The molecule has 0 N–H and O–H groups in total. The molecule has 0 spiro atoms. The highest BCUT2D eigenvalue weighted by Crippen LogP contribution is 2.27. The van der Waals surface area contributed by atoms with Crippen LogP contribution in [0.2, 0.25) is 0 Å². The lowest BCUT2D eigenvalue weighted by molar-refractivity contribution is 0.0973. The van der Waals surface area contributed by atoms with Gasteiger partial charge in [0.2, 0.25) is 0 Å². The van der Waals surface area contributed by atoms with Crippen LogP contribution in [-0.2, 0) is 6.42 Å². The van der Waals surface area contributed by atoms with Crippen LogP contribution in [0.25, 0.3) is 0 Å². The van der Waals surface area contributed by atoms with Gasteiger partial charge >= 0.3 is 0 Å². The van der Waals surface area contributed by atoms with Crippen molar-refractivity contribution in [1.82, 2.24) is 10.2 Å². The summed E-state index contributed by atoms with van der Waals surface area (Å²) in [4.78, 5) is 24.8. The predicted molar refractivity (Wildman–Crippen MR) is 73.5 cm³/mol. The summed E-state index contributed by atoms with van der Waals surface area (Å²) in [5.41, 5.74) is 2.65. The molecule has 2 aromatic rings. The number of hydrogen-bond acceptors (Lipinski definition) is 4. The lowest BCUT2D eigenvalue weighted by Gasteiger charge is -2.18. The minimum atomic E-state index is -0.0941. The zero-order valence-corrected chi connectivity index (χ0v) is 11.0. The van der Waals surface area contributed by atoms with E-state index in [-0.39, 0.29) is 11.6 Å². The van der Waals surface area contributed by atoms with Crippen LogP contribution in [0.5, 0.6) is 0 Å². The van der Waals surface area contributed by atoms with E-state index in [1.807, 2.05) is 0 Å². The van der Waals surface area contributed by atoms with E-state index >= 15 is 0 Å². The molecule has 20 heavy (non-hydrogen) atoms. The molecule has 98 valence electrons. The number of hydrogen-bond donors (Lipinski definition) is 0. The molecule has 4 nitrogen and oxygen atoms in total. The second kappa shape index (κ2) is 4.81. The van der Waals surface area contributed by atoms with Crippen molar-refractivity contribution in [3.63, 3.8) is 0 Å². The third-order valence-electron chi connectivity index (χ3n) is 3.47. The van der Waals surface area contributed by atoms with Gasteiger partial charge < -0.3 is 0 Å². The molecular weight excluding hydrogens is 252 g/mol. The molecule has 0 saturated heterocycles. The molecule has 0 bridgehead atoms. The van der Waals surface area contributed by atoms with E-state index in [1.54, 1.807) is 49.5 Å². The fourth-order valence-electron chi connectivity index (χ4n) is 2.37. The summed E-state index contributed by atoms with van der Waals surface area (Å²) in [5.74, 6) is -0.178. The second-order valence-electron chi connectivity index (χ2n) is 4.70. The summed E-state index contributed by atoms with van der Waals surface area (Å²) in [6.07, 6.45) is 1.91. The molecule has 0 unspecified atom stereocenters. The Morgan fingerprint density at radius 3 is 2.30 bits per heavy atom. The number of fused-ring (bicyclic) bond motifs is 1. The Bertz CT molecular complexity index is 733. The number of benzene rings is 1. The number of carbonyl (C=O) groups excluding carboxylic acids is 2. The zero-order valence-electron chi connectivity index (χ0n) is 11.0. The lowest BCUT2D eigenvalue weighted by Crippen LogP contribution is -2.22. The van der Waals surface area contributed by atoms with E-state index in [0.29, 0.717) is 34.4 Å². The number of allylic oxidation sites excluding steroid dienone is 2. The van der Waals surface area contributed by atoms with Gasteiger partial charge in [0.15, 0.2) is 11.6 Å². The molecule has 1 aromatic heterocycles. The number of carbonyl (C=O) groups is 2. The average molecular weight is 264 g/mol. The molecule has 0 amide bonds. The topological polar surface area (TPSA) is 59.9 Å². The van der Waals surface area contributed by atoms with Crippen LogP contribution in [0.15, 0.2) is 53.7 Å². The quantitative estimate of drug-likeness (QED) is 0.835. The van der Waals surface area contributed by atoms with Gasteiger partial charge in [0.1, 0.15) is 0 Å². The third kappa shape index (κ3) is 1.95. The number of ketones is 2. The fourth-order valence-corrected chi connectivity index (χ4v) is 2.37. The number of aromatic nitrogens is 2. The second-order valence-corrected chi connectivity index (χ2v) is 4.70. The van der Waals surface area contributed by atoms with E-state index < -0.39 is 0 Å². The van der Waals surface area contributed by atoms with Crippen molar-refractivity contribution in [3.05, 3.63) is 70.6 Å². The SMILES string of the molecule is CC1=C(Cc2cccnn2)C(=O)c2ccccc2C1=O. The van der Waals surface area contributed by atoms with Gasteiger partial charge in [-0.15, -0.1) is 0 Å². The molecule has 0 saturated carbocycles. The fraction of sp³-hybridized carbons (Fsp3) is 0.125. The van der Waals surface area contributed by atoms with Crippen LogP contribution in [0.1, 0.15) is 33.3 Å². The van der Waals surface area contributed by atoms with E-state index in [9.17, 15) is 9.59 Å². The Labute approximate surface area is 116 Å². The first-order valence-corrected chi connectivity index (χ1v) is 6.33. The Morgan fingerprint density at radius 1 is 0.950 bits per heavy atom. The number of Topliss-reactive ketones (excluding diaryl/α,β-unsaturated/α-hetero) is 2. The van der Waals surface area contributed by atoms with Crippen molar-refractivity contribution in [2.24, 2.45) is 0 Å². The monoisotopic (exact) mass is 264 g/mol. The molecule has 0 aliphatic heterocycles. The summed E-state index contributed by atoms with van der Waals surface area (Å²) in [7, 11) is 0. The normalized spacial score (nSPS) is 14.4. The van der Waals surface area contributed by atoms with E-state index in [2.05, 4.69) is 10.2 Å². The van der Waals surface area contributed by atoms with Gasteiger partial charge in [-0.3, -0.25) is 9.59 Å². The van der Waals surface area contributed by atoms with Crippen molar-refractivity contribution in [1.29, 1.82) is 0 Å². The van der Waals surface area contributed by atoms with Gasteiger partial charge in [-0.25, -0.2) is 0 Å². The average Bonchev–Trinajstić information content (AvgIpc) is 2.50. The summed E-state index contributed by atoms with van der Waals surface area (Å²) < 4.78 is 0. The van der Waals surface area contributed by atoms with Crippen molar-refractivity contribution >= 4 is 11.6 Å². The molecule has 4 heteroatoms. The van der Waals surface area contributed by atoms with Gasteiger partial charge in [0.05, 0.1) is 5.69 Å². The highest BCUT2D eigenvalue weighted by molar-refractivity contribution is 6.26. The Morgan fingerprint density at radius 2 is 1.65 bits per heavy atom. The summed E-state index contributed by atoms with van der Waals surface area (Å²) in [5, 5.41) is 7.77. The first kappa shape index (κ1) is 12.4. The standard InChI is InChI=1S/C16H12N2O2/c1-10-14(9-11-5-4-8-17-18-11)16(20)13-7-3-2-6-12(13)15(10)19/h2-8H,9H2,1H3. The maximum atomic E-state index is 12.5. The van der Waals surface area contributed by atoms with Gasteiger partial charge in [0, 0.05) is 34.9 Å². The minimum absolute atomic E-state index is 0.0842. The van der Waals surface area contributed by atoms with Crippen LogP contribution >= 0.6 is 0 Å². The van der Waals surface area contributed by atoms with Crippen molar-refractivity contribution in [3.8, 4) is 0 Å². The summed E-state index contributed by atoms with van der Waals surface area (Å²) in [6.45, 7) is 1.70. The molecule has 0 atom stereocenters. The van der Waals surface area contributed by atoms with Gasteiger partial charge in [-0.2, -0.15) is 10.2 Å². The van der Waals surface area contributed by atoms with Crippen LogP contribution in [0.4, 0.5) is 0 Å². The van der Waals surface area contributed by atoms with Crippen LogP contribution in [-0.4, -0.2) is 21.8 Å². The number of rotatable bonds is 2. The van der Waals surface area contributed by atoms with Gasteiger partial charge in [-0.05, 0) is 19.1 Å². The van der Waals surface area contributed by atoms with Gasteiger partial charge in [-0.1, -0.05) is 24.3 Å². The third-order valence-corrected chi connectivity index (χ3v) is 3.47. The summed E-state index contributed by atoms with van der Waals surface area (Å²) in [6, 6.07) is 10.5. The minimum Gasteiger partial charge on any atom is -0.289 e. The highest BCUT2D eigenvalue weighted by atomic mass is 16.1. The van der Waals surface area contributed by atoms with E-state index in [0.717, 1.165) is 0 Å². The smallest absolute Gasteiger partial charge is 0.190 e. The molecule has 1 aliphatic rings. The summed E-state index contributed by atoms with van der Waals surface area (Å²) >= 11 is 0. The Hall–Kier alpha value is -2.62. The predicted octanol–water partition coefficient (Wildman–Crippen LogP) is 2.41. The molecule has 0 fully saturated rings. The first-order chi connectivity index (χ1) is 9.68. The lowest BCUT2D eigenvalue weighted by atomic mass is 9.83. The Kier molecular flexibility index (Phi) is 2.99. The molecule has 3 rings (SSSR count). The molecule has 1 aromatic carbocycles. The van der Waals surface area contributed by atoms with Crippen LogP contribution in [0.3, 0.4) is 0 Å². The van der Waals surface area contributed by atoms with Gasteiger partial charge in [0.25, 0.3) is 0 Å². The van der Waals surface area contributed by atoms with Crippen LogP contribution in [0, 0.1) is 0 Å². The highest BCUT2D eigenvalue weighted by Gasteiger charge is 2.29. The molecule has 1 aliphatic carbocycles. The maximum absolute atomic E-state index is 12.5. The molecule has 1 heterocycles. The first-order valence-electron chi connectivity index (χ1n) is 6.33. The van der Waals surface area contributed by atoms with Crippen LogP contribution < -0.4 is 0 Å². The molecule has 0 radical (unpaired) electrons. The van der Waals surface area contributed by atoms with Crippen molar-refractivity contribution in [2.45, 2.75) is 13.3 Å². The number of nitrogens with zero attached hydrogens (tertiary/aromatic N) is 2. The zero-order chi connectivity index (χ0) is 14.1. The largest absolute Gasteiger partial charge is 0.289 e.